The normalized spacial score (nSPS) is 24.0. The molecule has 5 nitrogen and oxygen atoms in total. The molecule has 2 aromatic rings. The van der Waals surface area contributed by atoms with E-state index in [2.05, 4.69) is 16.8 Å². The number of ether oxygens (including phenoxy) is 1. The third-order valence-corrected chi connectivity index (χ3v) is 6.40. The summed E-state index contributed by atoms with van der Waals surface area (Å²) in [5.41, 5.74) is 1.62. The van der Waals surface area contributed by atoms with Crippen LogP contribution in [0, 0.1) is 25.1 Å². The predicted octanol–water partition coefficient (Wildman–Crippen LogP) is 3.15. The summed E-state index contributed by atoms with van der Waals surface area (Å²) in [5, 5.41) is 1.09. The zero-order chi connectivity index (χ0) is 19.0. The highest BCUT2D eigenvalue weighted by Crippen LogP contribution is 2.37. The lowest BCUT2D eigenvalue weighted by Gasteiger charge is -2.31. The van der Waals surface area contributed by atoms with E-state index in [1.54, 1.807) is 28.4 Å². The standard InChI is InChI=1S/C20H24FN3O2S/c1-14-18(27-15(2)22-14)10-23-7-8-26-13-20(11-23)9-19(25)24(12-20)17-5-3-16(21)4-6-17/h3-6H,7-13H2,1-2H3/t20-/m0/s1. The molecule has 7 heteroatoms. The molecule has 1 amide bonds. The van der Waals surface area contributed by atoms with Crippen molar-refractivity contribution in [3.05, 3.63) is 45.7 Å². The van der Waals surface area contributed by atoms with Crippen molar-refractivity contribution in [1.82, 2.24) is 9.88 Å². The highest BCUT2D eigenvalue weighted by Gasteiger charge is 2.46. The molecule has 0 unspecified atom stereocenters. The van der Waals surface area contributed by atoms with Gasteiger partial charge in [-0.15, -0.1) is 11.3 Å². The van der Waals surface area contributed by atoms with Crippen LogP contribution in [-0.2, 0) is 16.1 Å². The van der Waals surface area contributed by atoms with Gasteiger partial charge in [0.05, 0.1) is 23.9 Å². The number of nitrogens with zero attached hydrogens (tertiary/aromatic N) is 3. The van der Waals surface area contributed by atoms with E-state index in [0.717, 1.165) is 36.0 Å². The molecular weight excluding hydrogens is 365 g/mol. The molecule has 0 radical (unpaired) electrons. The summed E-state index contributed by atoms with van der Waals surface area (Å²) >= 11 is 1.74. The molecule has 0 saturated carbocycles. The molecule has 1 aromatic heterocycles. The number of rotatable bonds is 3. The molecule has 0 bridgehead atoms. The highest BCUT2D eigenvalue weighted by molar-refractivity contribution is 7.11. The van der Waals surface area contributed by atoms with Gasteiger partial charge in [-0.05, 0) is 38.1 Å². The van der Waals surface area contributed by atoms with E-state index in [4.69, 9.17) is 4.74 Å². The fourth-order valence-corrected chi connectivity index (χ4v) is 5.07. The molecule has 2 aliphatic rings. The number of amides is 1. The monoisotopic (exact) mass is 389 g/mol. The Bertz CT molecular complexity index is 838. The number of anilines is 1. The molecule has 0 N–H and O–H groups in total. The predicted molar refractivity (Wildman–Crippen MR) is 103 cm³/mol. The Morgan fingerprint density at radius 1 is 1.26 bits per heavy atom. The molecule has 2 fully saturated rings. The van der Waals surface area contributed by atoms with E-state index < -0.39 is 0 Å². The first-order valence-electron chi connectivity index (χ1n) is 9.23. The average molecular weight is 389 g/mol. The Morgan fingerprint density at radius 3 is 2.74 bits per heavy atom. The van der Waals surface area contributed by atoms with Crippen LogP contribution in [0.25, 0.3) is 0 Å². The topological polar surface area (TPSA) is 45.7 Å². The number of carbonyl (C=O) groups is 1. The summed E-state index contributed by atoms with van der Waals surface area (Å²) < 4.78 is 19.1. The van der Waals surface area contributed by atoms with E-state index in [1.807, 2.05) is 6.92 Å². The van der Waals surface area contributed by atoms with Gasteiger partial charge in [0.1, 0.15) is 5.82 Å². The Hall–Kier alpha value is -1.83. The Kier molecular flexibility index (Phi) is 5.01. The van der Waals surface area contributed by atoms with Crippen LogP contribution >= 0.6 is 11.3 Å². The van der Waals surface area contributed by atoms with Gasteiger partial charge in [0.15, 0.2) is 0 Å². The minimum atomic E-state index is -0.292. The van der Waals surface area contributed by atoms with Crippen molar-refractivity contribution in [3.8, 4) is 0 Å². The van der Waals surface area contributed by atoms with Crippen LogP contribution in [0.1, 0.15) is 22.0 Å². The molecular formula is C20H24FN3O2S. The molecule has 2 saturated heterocycles. The van der Waals surface area contributed by atoms with Gasteiger partial charge < -0.3 is 9.64 Å². The van der Waals surface area contributed by atoms with Crippen molar-refractivity contribution in [2.45, 2.75) is 26.8 Å². The maximum atomic E-state index is 13.2. The first-order valence-corrected chi connectivity index (χ1v) is 10.0. The average Bonchev–Trinajstić information content (AvgIpc) is 3.02. The van der Waals surface area contributed by atoms with Crippen LogP contribution in [0.3, 0.4) is 0 Å². The number of halogens is 1. The summed E-state index contributed by atoms with van der Waals surface area (Å²) in [6.07, 6.45) is 0.460. The number of hydrogen-bond donors (Lipinski definition) is 0. The van der Waals surface area contributed by atoms with Gasteiger partial charge in [0.25, 0.3) is 0 Å². The van der Waals surface area contributed by atoms with Crippen LogP contribution < -0.4 is 4.90 Å². The number of hydrogen-bond acceptors (Lipinski definition) is 5. The lowest BCUT2D eigenvalue weighted by Crippen LogP contribution is -2.40. The van der Waals surface area contributed by atoms with E-state index >= 15 is 0 Å². The van der Waals surface area contributed by atoms with Gasteiger partial charge >= 0.3 is 0 Å². The van der Waals surface area contributed by atoms with Crippen LogP contribution in [0.2, 0.25) is 0 Å². The zero-order valence-electron chi connectivity index (χ0n) is 15.7. The van der Waals surface area contributed by atoms with Crippen molar-refractivity contribution < 1.29 is 13.9 Å². The van der Waals surface area contributed by atoms with E-state index in [1.165, 1.54) is 17.0 Å². The lowest BCUT2D eigenvalue weighted by molar-refractivity contribution is -0.118. The highest BCUT2D eigenvalue weighted by atomic mass is 32.1. The summed E-state index contributed by atoms with van der Waals surface area (Å²) in [4.78, 5) is 22.7. The molecule has 3 heterocycles. The molecule has 0 aliphatic carbocycles. The smallest absolute Gasteiger partial charge is 0.227 e. The van der Waals surface area contributed by atoms with Gasteiger partial charge in [-0.3, -0.25) is 9.69 Å². The molecule has 4 rings (SSSR count). The number of aromatic nitrogens is 1. The van der Waals surface area contributed by atoms with Crippen LogP contribution in [0.5, 0.6) is 0 Å². The third-order valence-electron chi connectivity index (χ3n) is 5.35. The van der Waals surface area contributed by atoms with E-state index in [9.17, 15) is 9.18 Å². The number of thiazole rings is 1. The van der Waals surface area contributed by atoms with E-state index in [-0.39, 0.29) is 17.1 Å². The fourth-order valence-electron chi connectivity index (χ4n) is 4.09. The number of carbonyl (C=O) groups excluding carboxylic acids is 1. The van der Waals surface area contributed by atoms with Crippen molar-refractivity contribution >= 4 is 22.9 Å². The molecule has 1 aromatic carbocycles. The Labute approximate surface area is 162 Å². The maximum Gasteiger partial charge on any atom is 0.227 e. The van der Waals surface area contributed by atoms with Gasteiger partial charge in [0.2, 0.25) is 5.91 Å². The van der Waals surface area contributed by atoms with Crippen molar-refractivity contribution in [2.75, 3.05) is 37.7 Å². The zero-order valence-corrected chi connectivity index (χ0v) is 16.5. The van der Waals surface area contributed by atoms with Crippen LogP contribution in [0.4, 0.5) is 10.1 Å². The van der Waals surface area contributed by atoms with Crippen LogP contribution in [-0.4, -0.2) is 48.6 Å². The fraction of sp³-hybridized carbons (Fsp3) is 0.500. The van der Waals surface area contributed by atoms with Gasteiger partial charge in [-0.25, -0.2) is 9.37 Å². The van der Waals surface area contributed by atoms with Gasteiger partial charge in [-0.1, -0.05) is 0 Å². The van der Waals surface area contributed by atoms with Crippen molar-refractivity contribution in [3.63, 3.8) is 0 Å². The number of aryl methyl sites for hydroxylation is 2. The molecule has 144 valence electrons. The summed E-state index contributed by atoms with van der Waals surface area (Å²) in [7, 11) is 0. The lowest BCUT2D eigenvalue weighted by atomic mass is 9.87. The van der Waals surface area contributed by atoms with Gasteiger partial charge in [-0.2, -0.15) is 0 Å². The summed E-state index contributed by atoms with van der Waals surface area (Å²) in [6.45, 7) is 8.44. The maximum absolute atomic E-state index is 13.2. The number of benzene rings is 1. The van der Waals surface area contributed by atoms with Crippen molar-refractivity contribution in [2.24, 2.45) is 5.41 Å². The second kappa shape index (κ2) is 7.30. The van der Waals surface area contributed by atoms with E-state index in [0.29, 0.717) is 26.2 Å². The molecule has 1 atom stereocenters. The SMILES string of the molecule is Cc1nc(C)c(CN2CCOC[C@@]3(CC(=O)N(c4ccc(F)cc4)C3)C2)s1. The summed E-state index contributed by atoms with van der Waals surface area (Å²) in [6, 6.07) is 6.15. The molecule has 27 heavy (non-hydrogen) atoms. The largest absolute Gasteiger partial charge is 0.379 e. The summed E-state index contributed by atoms with van der Waals surface area (Å²) in [5.74, 6) is -0.212. The first-order chi connectivity index (χ1) is 12.9. The van der Waals surface area contributed by atoms with Gasteiger partial charge in [0, 0.05) is 48.6 Å². The molecule has 2 aliphatic heterocycles. The van der Waals surface area contributed by atoms with Crippen molar-refractivity contribution in [1.29, 1.82) is 0 Å². The Morgan fingerprint density at radius 2 is 2.04 bits per heavy atom. The van der Waals surface area contributed by atoms with Crippen LogP contribution in [0.15, 0.2) is 24.3 Å². The second-order valence-corrected chi connectivity index (χ2v) is 8.93. The minimum Gasteiger partial charge on any atom is -0.379 e. The molecule has 1 spiro atoms. The second-order valence-electron chi connectivity index (χ2n) is 7.64. The minimum absolute atomic E-state index is 0.0804. The first kappa shape index (κ1) is 18.5. The third kappa shape index (κ3) is 3.90. The quantitative estimate of drug-likeness (QED) is 0.809. The Balaban J connectivity index is 1.52.